The summed E-state index contributed by atoms with van der Waals surface area (Å²) in [5.41, 5.74) is 0.0499. The smallest absolute Gasteiger partial charge is 0.145 e. The molecule has 0 heterocycles. The largest absolute Gasteiger partial charge is 0.385 e. The van der Waals surface area contributed by atoms with E-state index in [4.69, 9.17) is 4.74 Å². The minimum absolute atomic E-state index is 0.0499. The van der Waals surface area contributed by atoms with Crippen LogP contribution in [0, 0.1) is 11.6 Å². The van der Waals surface area contributed by atoms with E-state index >= 15 is 0 Å². The molecule has 0 aliphatic heterocycles. The number of nitrogens with one attached hydrogen (secondary N) is 1. The molecule has 90 valence electrons. The molecule has 1 N–H and O–H groups in total. The summed E-state index contributed by atoms with van der Waals surface area (Å²) in [6.07, 6.45) is 0.511. The second kappa shape index (κ2) is 6.27. The molecule has 0 aliphatic rings. The summed E-state index contributed by atoms with van der Waals surface area (Å²) in [4.78, 5) is 0. The second-order valence-corrected chi connectivity index (χ2v) is 4.23. The number of hydrogen-bond donors (Lipinski definition) is 1. The molecule has 0 amide bonds. The Kier molecular flexibility index (Phi) is 5.31. The van der Waals surface area contributed by atoms with Crippen molar-refractivity contribution in [3.63, 3.8) is 0 Å². The minimum atomic E-state index is -0.560. The van der Waals surface area contributed by atoms with E-state index in [1.165, 1.54) is 12.1 Å². The highest BCUT2D eigenvalue weighted by atomic mass is 79.9. The number of benzene rings is 1. The van der Waals surface area contributed by atoms with Gasteiger partial charge in [-0.3, -0.25) is 0 Å². The average Bonchev–Trinajstić information content (AvgIpc) is 2.28. The van der Waals surface area contributed by atoms with Crippen LogP contribution < -0.4 is 5.32 Å². The highest BCUT2D eigenvalue weighted by Gasteiger charge is 2.20. The maximum Gasteiger partial charge on any atom is 0.145 e. The lowest BCUT2D eigenvalue weighted by molar-refractivity contribution is 0.183. The zero-order valence-electron chi connectivity index (χ0n) is 9.19. The van der Waals surface area contributed by atoms with Crippen molar-refractivity contribution in [1.29, 1.82) is 0 Å². The fraction of sp³-hybridized carbons (Fsp3) is 0.455. The summed E-state index contributed by atoms with van der Waals surface area (Å²) in [5, 5.41) is 2.88. The first-order valence-corrected chi connectivity index (χ1v) is 5.70. The van der Waals surface area contributed by atoms with Crippen LogP contribution in [-0.4, -0.2) is 20.8 Å². The summed E-state index contributed by atoms with van der Waals surface area (Å²) in [5.74, 6) is -1.10. The summed E-state index contributed by atoms with van der Waals surface area (Å²) >= 11 is 3.05. The van der Waals surface area contributed by atoms with Crippen molar-refractivity contribution in [2.45, 2.75) is 12.5 Å². The normalized spacial score (nSPS) is 12.8. The van der Waals surface area contributed by atoms with E-state index in [-0.39, 0.29) is 10.0 Å². The van der Waals surface area contributed by atoms with Crippen LogP contribution in [0.3, 0.4) is 0 Å². The molecule has 2 nitrogen and oxygen atoms in total. The van der Waals surface area contributed by atoms with Crippen LogP contribution in [0.1, 0.15) is 18.0 Å². The molecule has 0 radical (unpaired) electrons. The monoisotopic (exact) mass is 293 g/mol. The Morgan fingerprint density at radius 1 is 1.44 bits per heavy atom. The second-order valence-electron chi connectivity index (χ2n) is 3.38. The van der Waals surface area contributed by atoms with Crippen molar-refractivity contribution in [1.82, 2.24) is 5.32 Å². The number of methoxy groups -OCH3 is 1. The van der Waals surface area contributed by atoms with E-state index in [0.29, 0.717) is 13.0 Å². The van der Waals surface area contributed by atoms with Crippen LogP contribution in [0.5, 0.6) is 0 Å². The third-order valence-electron chi connectivity index (χ3n) is 2.39. The SMILES string of the molecule is CNC(CCOC)c1c(F)ccc(Br)c1F. The molecular formula is C11H14BrF2NO. The fourth-order valence-electron chi connectivity index (χ4n) is 1.53. The fourth-order valence-corrected chi connectivity index (χ4v) is 1.88. The van der Waals surface area contributed by atoms with Gasteiger partial charge < -0.3 is 10.1 Å². The van der Waals surface area contributed by atoms with E-state index in [0.717, 1.165) is 0 Å². The van der Waals surface area contributed by atoms with Crippen molar-refractivity contribution in [3.8, 4) is 0 Å². The van der Waals surface area contributed by atoms with Crippen molar-refractivity contribution in [2.75, 3.05) is 20.8 Å². The molecule has 1 unspecified atom stereocenters. The Labute approximate surface area is 102 Å². The summed E-state index contributed by atoms with van der Waals surface area (Å²) in [7, 11) is 3.22. The molecule has 0 saturated carbocycles. The maximum atomic E-state index is 13.8. The lowest BCUT2D eigenvalue weighted by Crippen LogP contribution is -2.21. The van der Waals surface area contributed by atoms with Gasteiger partial charge in [0.05, 0.1) is 4.47 Å². The van der Waals surface area contributed by atoms with Gasteiger partial charge in [0.15, 0.2) is 0 Å². The predicted molar refractivity (Wildman–Crippen MR) is 62.4 cm³/mol. The van der Waals surface area contributed by atoms with Crippen molar-refractivity contribution in [2.24, 2.45) is 0 Å². The molecule has 1 aromatic rings. The Balaban J connectivity index is 3.03. The predicted octanol–water partition coefficient (Wildman–Crippen LogP) is 3.02. The maximum absolute atomic E-state index is 13.8. The van der Waals surface area contributed by atoms with E-state index in [2.05, 4.69) is 21.2 Å². The minimum Gasteiger partial charge on any atom is -0.385 e. The van der Waals surface area contributed by atoms with E-state index < -0.39 is 17.7 Å². The molecule has 0 aliphatic carbocycles. The quantitative estimate of drug-likeness (QED) is 0.843. The third-order valence-corrected chi connectivity index (χ3v) is 3.00. The Morgan fingerprint density at radius 3 is 2.69 bits per heavy atom. The standard InChI is InChI=1S/C11H14BrF2NO/c1-15-9(5-6-16-2)10-8(13)4-3-7(12)11(10)14/h3-4,9,15H,5-6H2,1-2H3. The van der Waals surface area contributed by atoms with E-state index in [1.54, 1.807) is 14.2 Å². The number of ether oxygens (including phenoxy) is 1. The van der Waals surface area contributed by atoms with Gasteiger partial charge in [-0.1, -0.05) is 0 Å². The van der Waals surface area contributed by atoms with E-state index in [9.17, 15) is 8.78 Å². The lowest BCUT2D eigenvalue weighted by atomic mass is 10.0. The van der Waals surface area contributed by atoms with E-state index in [1.807, 2.05) is 0 Å². The first kappa shape index (κ1) is 13.5. The van der Waals surface area contributed by atoms with Crippen LogP contribution in [0.2, 0.25) is 0 Å². The zero-order chi connectivity index (χ0) is 12.1. The van der Waals surface area contributed by atoms with Gasteiger partial charge in [0.1, 0.15) is 11.6 Å². The van der Waals surface area contributed by atoms with Gasteiger partial charge in [-0.25, -0.2) is 8.78 Å². The van der Waals surface area contributed by atoms with Crippen LogP contribution in [-0.2, 0) is 4.74 Å². The zero-order valence-corrected chi connectivity index (χ0v) is 10.8. The average molecular weight is 294 g/mol. The molecule has 0 saturated heterocycles. The number of halogens is 3. The molecule has 1 atom stereocenters. The first-order chi connectivity index (χ1) is 7.61. The van der Waals surface area contributed by atoms with Crippen molar-refractivity contribution < 1.29 is 13.5 Å². The van der Waals surface area contributed by atoms with Gasteiger partial charge in [0.25, 0.3) is 0 Å². The molecule has 1 rings (SSSR count). The molecule has 0 aromatic heterocycles. The Bertz CT molecular complexity index is 360. The number of hydrogen-bond acceptors (Lipinski definition) is 2. The molecular weight excluding hydrogens is 280 g/mol. The topological polar surface area (TPSA) is 21.3 Å². The van der Waals surface area contributed by atoms with Crippen molar-refractivity contribution in [3.05, 3.63) is 33.8 Å². The third kappa shape index (κ3) is 2.99. The van der Waals surface area contributed by atoms with Gasteiger partial charge in [-0.05, 0) is 41.5 Å². The molecule has 0 bridgehead atoms. The van der Waals surface area contributed by atoms with Crippen LogP contribution in [0.15, 0.2) is 16.6 Å². The van der Waals surface area contributed by atoms with Gasteiger partial charge in [-0.2, -0.15) is 0 Å². The lowest BCUT2D eigenvalue weighted by Gasteiger charge is -2.18. The first-order valence-electron chi connectivity index (χ1n) is 4.91. The molecule has 5 heteroatoms. The highest BCUT2D eigenvalue weighted by Crippen LogP contribution is 2.28. The summed E-state index contributed by atoms with van der Waals surface area (Å²) in [6, 6.07) is 2.22. The Hall–Kier alpha value is -0.520. The van der Waals surface area contributed by atoms with Gasteiger partial charge >= 0.3 is 0 Å². The molecule has 16 heavy (non-hydrogen) atoms. The summed E-state index contributed by atoms with van der Waals surface area (Å²) < 4.78 is 32.5. The van der Waals surface area contributed by atoms with Gasteiger partial charge in [0, 0.05) is 25.3 Å². The van der Waals surface area contributed by atoms with Gasteiger partial charge in [-0.15, -0.1) is 0 Å². The molecule has 1 aromatic carbocycles. The van der Waals surface area contributed by atoms with Crippen molar-refractivity contribution >= 4 is 15.9 Å². The molecule has 0 spiro atoms. The highest BCUT2D eigenvalue weighted by molar-refractivity contribution is 9.10. The Morgan fingerprint density at radius 2 is 2.12 bits per heavy atom. The number of rotatable bonds is 5. The van der Waals surface area contributed by atoms with Crippen LogP contribution in [0.25, 0.3) is 0 Å². The van der Waals surface area contributed by atoms with Crippen LogP contribution >= 0.6 is 15.9 Å². The summed E-state index contributed by atoms with van der Waals surface area (Å²) in [6.45, 7) is 0.441. The van der Waals surface area contributed by atoms with Crippen LogP contribution in [0.4, 0.5) is 8.78 Å². The van der Waals surface area contributed by atoms with Gasteiger partial charge in [0.2, 0.25) is 0 Å². The molecule has 0 fully saturated rings.